The van der Waals surface area contributed by atoms with Crippen molar-refractivity contribution in [3.05, 3.63) is 62.1 Å². The molecular formula is C15H14BrN3O2. The first-order valence-corrected chi connectivity index (χ1v) is 7.47. The van der Waals surface area contributed by atoms with E-state index in [1.54, 1.807) is 6.07 Å². The number of nitro groups is 1. The van der Waals surface area contributed by atoms with Crippen LogP contribution in [0.4, 0.5) is 17.1 Å². The van der Waals surface area contributed by atoms with Gasteiger partial charge in [0.25, 0.3) is 5.69 Å². The maximum absolute atomic E-state index is 10.8. The van der Waals surface area contributed by atoms with Crippen molar-refractivity contribution < 1.29 is 4.92 Å². The van der Waals surface area contributed by atoms with Crippen LogP contribution in [-0.4, -0.2) is 11.5 Å². The molecule has 1 aliphatic heterocycles. The molecule has 108 valence electrons. The highest BCUT2D eigenvalue weighted by molar-refractivity contribution is 9.10. The van der Waals surface area contributed by atoms with Gasteiger partial charge in [0.05, 0.1) is 10.6 Å². The molecule has 0 bridgehead atoms. The molecule has 21 heavy (non-hydrogen) atoms. The molecule has 0 radical (unpaired) electrons. The number of nitro benzene ring substituents is 1. The lowest BCUT2D eigenvalue weighted by molar-refractivity contribution is -0.384. The lowest BCUT2D eigenvalue weighted by Gasteiger charge is -2.21. The van der Waals surface area contributed by atoms with E-state index < -0.39 is 4.92 Å². The van der Waals surface area contributed by atoms with Crippen LogP contribution in [0.15, 0.2) is 40.9 Å². The van der Waals surface area contributed by atoms with Crippen LogP contribution in [-0.2, 0) is 13.0 Å². The van der Waals surface area contributed by atoms with Gasteiger partial charge in [-0.05, 0) is 52.2 Å². The SMILES string of the molecule is O=[N+]([O-])c1ccc(Nc2cccc3c2CCNC3)c(Br)c1. The number of fused-ring (bicyclic) bond motifs is 1. The number of nitrogens with one attached hydrogen (secondary N) is 2. The van der Waals surface area contributed by atoms with Gasteiger partial charge in [-0.15, -0.1) is 0 Å². The van der Waals surface area contributed by atoms with Gasteiger partial charge in [0, 0.05) is 28.8 Å². The normalized spacial score (nSPS) is 13.6. The summed E-state index contributed by atoms with van der Waals surface area (Å²) in [4.78, 5) is 10.4. The molecule has 0 saturated carbocycles. The van der Waals surface area contributed by atoms with Crippen molar-refractivity contribution in [1.82, 2.24) is 5.32 Å². The Morgan fingerprint density at radius 1 is 1.24 bits per heavy atom. The molecule has 0 atom stereocenters. The quantitative estimate of drug-likeness (QED) is 0.655. The fourth-order valence-electron chi connectivity index (χ4n) is 2.51. The Morgan fingerprint density at radius 2 is 2.10 bits per heavy atom. The van der Waals surface area contributed by atoms with E-state index >= 15 is 0 Å². The van der Waals surface area contributed by atoms with Crippen LogP contribution >= 0.6 is 15.9 Å². The first-order chi connectivity index (χ1) is 10.1. The van der Waals surface area contributed by atoms with Crippen molar-refractivity contribution in [3.8, 4) is 0 Å². The van der Waals surface area contributed by atoms with E-state index in [9.17, 15) is 10.1 Å². The van der Waals surface area contributed by atoms with Gasteiger partial charge in [-0.1, -0.05) is 12.1 Å². The van der Waals surface area contributed by atoms with Crippen molar-refractivity contribution >= 4 is 33.0 Å². The number of non-ortho nitro benzene ring substituents is 1. The number of halogens is 1. The lowest BCUT2D eigenvalue weighted by Crippen LogP contribution is -2.24. The Labute approximate surface area is 130 Å². The van der Waals surface area contributed by atoms with Gasteiger partial charge in [0.2, 0.25) is 0 Å². The first kappa shape index (κ1) is 14.0. The van der Waals surface area contributed by atoms with Gasteiger partial charge in [-0.25, -0.2) is 0 Å². The highest BCUT2D eigenvalue weighted by Gasteiger charge is 2.14. The third-order valence-electron chi connectivity index (χ3n) is 3.57. The van der Waals surface area contributed by atoms with Crippen LogP contribution in [0.2, 0.25) is 0 Å². The zero-order valence-electron chi connectivity index (χ0n) is 11.2. The molecule has 1 heterocycles. The summed E-state index contributed by atoms with van der Waals surface area (Å²) in [6.45, 7) is 1.85. The summed E-state index contributed by atoms with van der Waals surface area (Å²) in [6.07, 6.45) is 0.975. The third-order valence-corrected chi connectivity index (χ3v) is 4.23. The number of hydrogen-bond donors (Lipinski definition) is 2. The van der Waals surface area contributed by atoms with Crippen LogP contribution in [0.5, 0.6) is 0 Å². The van der Waals surface area contributed by atoms with Crippen molar-refractivity contribution in [2.45, 2.75) is 13.0 Å². The van der Waals surface area contributed by atoms with E-state index in [1.165, 1.54) is 23.3 Å². The van der Waals surface area contributed by atoms with E-state index in [2.05, 4.69) is 32.6 Å². The summed E-state index contributed by atoms with van der Waals surface area (Å²) >= 11 is 3.39. The molecule has 1 aliphatic rings. The number of nitrogens with zero attached hydrogens (tertiary/aromatic N) is 1. The second-order valence-corrected chi connectivity index (χ2v) is 5.77. The highest BCUT2D eigenvalue weighted by Crippen LogP contribution is 2.32. The molecule has 6 heteroatoms. The third kappa shape index (κ3) is 2.91. The topological polar surface area (TPSA) is 67.2 Å². The number of rotatable bonds is 3. The van der Waals surface area contributed by atoms with E-state index in [0.29, 0.717) is 4.47 Å². The van der Waals surface area contributed by atoms with Gasteiger partial charge in [-0.2, -0.15) is 0 Å². The molecule has 2 aromatic rings. The van der Waals surface area contributed by atoms with Crippen molar-refractivity contribution in [1.29, 1.82) is 0 Å². The standard InChI is InChI=1S/C15H14BrN3O2/c16-13-8-11(19(20)21)4-5-15(13)18-14-3-1-2-10-9-17-7-6-12(10)14/h1-5,8,17-18H,6-7,9H2. The van der Waals surface area contributed by atoms with Crippen LogP contribution in [0, 0.1) is 10.1 Å². The van der Waals surface area contributed by atoms with E-state index in [1.807, 2.05) is 12.1 Å². The van der Waals surface area contributed by atoms with E-state index in [-0.39, 0.29) is 5.69 Å². The molecule has 0 saturated heterocycles. The summed E-state index contributed by atoms with van der Waals surface area (Å²) in [7, 11) is 0. The van der Waals surface area contributed by atoms with Crippen LogP contribution in [0.1, 0.15) is 11.1 Å². The Balaban J connectivity index is 1.92. The molecule has 3 rings (SSSR count). The number of anilines is 2. The van der Waals surface area contributed by atoms with Crippen LogP contribution < -0.4 is 10.6 Å². The molecule has 0 unspecified atom stereocenters. The Kier molecular flexibility index (Phi) is 3.90. The molecule has 0 amide bonds. The highest BCUT2D eigenvalue weighted by atomic mass is 79.9. The average molecular weight is 348 g/mol. The summed E-state index contributed by atoms with van der Waals surface area (Å²) in [6, 6.07) is 10.9. The van der Waals surface area contributed by atoms with Crippen molar-refractivity contribution in [3.63, 3.8) is 0 Å². The zero-order valence-corrected chi connectivity index (χ0v) is 12.8. The van der Waals surface area contributed by atoms with Crippen molar-refractivity contribution in [2.75, 3.05) is 11.9 Å². The predicted molar refractivity (Wildman–Crippen MR) is 85.9 cm³/mol. The van der Waals surface area contributed by atoms with Crippen LogP contribution in [0.25, 0.3) is 0 Å². The largest absolute Gasteiger partial charge is 0.354 e. The molecule has 5 nitrogen and oxygen atoms in total. The molecule has 0 aliphatic carbocycles. The minimum Gasteiger partial charge on any atom is -0.354 e. The van der Waals surface area contributed by atoms with Gasteiger partial charge in [-0.3, -0.25) is 10.1 Å². The summed E-state index contributed by atoms with van der Waals surface area (Å²) < 4.78 is 0.684. The predicted octanol–water partition coefficient (Wildman–Crippen LogP) is 3.75. The zero-order chi connectivity index (χ0) is 14.8. The second-order valence-electron chi connectivity index (χ2n) is 4.92. The summed E-state index contributed by atoms with van der Waals surface area (Å²) in [5.74, 6) is 0. The Morgan fingerprint density at radius 3 is 2.86 bits per heavy atom. The van der Waals surface area contributed by atoms with E-state index in [4.69, 9.17) is 0 Å². The minimum absolute atomic E-state index is 0.0757. The summed E-state index contributed by atoms with van der Waals surface area (Å²) in [5, 5.41) is 17.5. The first-order valence-electron chi connectivity index (χ1n) is 6.67. The van der Waals surface area contributed by atoms with Gasteiger partial charge in [0.15, 0.2) is 0 Å². The average Bonchev–Trinajstić information content (AvgIpc) is 2.49. The maximum atomic E-state index is 10.8. The van der Waals surface area contributed by atoms with E-state index in [0.717, 1.165) is 30.9 Å². The Bertz CT molecular complexity index is 703. The lowest BCUT2D eigenvalue weighted by atomic mass is 9.99. The molecule has 0 fully saturated rings. The number of hydrogen-bond acceptors (Lipinski definition) is 4. The monoisotopic (exact) mass is 347 g/mol. The molecule has 2 N–H and O–H groups in total. The summed E-state index contributed by atoms with van der Waals surface area (Å²) in [5.41, 5.74) is 4.56. The van der Waals surface area contributed by atoms with Gasteiger partial charge < -0.3 is 10.6 Å². The van der Waals surface area contributed by atoms with Crippen LogP contribution in [0.3, 0.4) is 0 Å². The van der Waals surface area contributed by atoms with Gasteiger partial charge in [0.1, 0.15) is 0 Å². The van der Waals surface area contributed by atoms with Gasteiger partial charge >= 0.3 is 0 Å². The fourth-order valence-corrected chi connectivity index (χ4v) is 2.98. The molecule has 0 spiro atoms. The van der Waals surface area contributed by atoms with Crippen molar-refractivity contribution in [2.24, 2.45) is 0 Å². The Hall–Kier alpha value is -1.92. The maximum Gasteiger partial charge on any atom is 0.270 e. The molecular weight excluding hydrogens is 334 g/mol. The second kappa shape index (κ2) is 5.83. The smallest absolute Gasteiger partial charge is 0.270 e. The fraction of sp³-hybridized carbons (Fsp3) is 0.200. The number of benzene rings is 2. The molecule has 0 aromatic heterocycles. The molecule has 2 aromatic carbocycles. The minimum atomic E-state index is -0.398.